The lowest BCUT2D eigenvalue weighted by Gasteiger charge is -3.07. The van der Waals surface area contributed by atoms with E-state index in [1.807, 2.05) is 0 Å². The summed E-state index contributed by atoms with van der Waals surface area (Å²) in [5.41, 5.74) is 0.769. The number of unbranched alkanes of at least 4 members (excludes halogenated alkanes) is 6. The molecule has 21 heavy (non-hydrogen) atoms. The first-order valence-corrected chi connectivity index (χ1v) is 9.18. The summed E-state index contributed by atoms with van der Waals surface area (Å²) in [4.78, 5) is 10.4. The van der Waals surface area contributed by atoms with Crippen LogP contribution in [0.4, 0.5) is 0 Å². The summed E-state index contributed by atoms with van der Waals surface area (Å²) in [5, 5.41) is 8.56. The van der Waals surface area contributed by atoms with Gasteiger partial charge in [-0.05, 0) is 66.1 Å². The third-order valence-electron chi connectivity index (χ3n) is 7.97. The molecular weight excluding hydrogens is 260 g/mol. The Morgan fingerprint density at radius 1 is 0.857 bits per heavy atom. The summed E-state index contributed by atoms with van der Waals surface area (Å²) in [6.07, 6.45) is 13.8. The van der Waals surface area contributed by atoms with Gasteiger partial charge in [-0.2, -0.15) is 0 Å². The van der Waals surface area contributed by atoms with Crippen molar-refractivity contribution in [3.05, 3.63) is 12.2 Å². The van der Waals surface area contributed by atoms with Crippen LogP contribution < -0.4 is 0 Å². The average molecular weight is 286 g/mol. The summed E-state index contributed by atoms with van der Waals surface area (Å²) >= 11 is 0. The maximum atomic E-state index is 10.4. The first-order valence-electron chi connectivity index (χ1n) is 9.18. The maximum absolute atomic E-state index is 10.4. The predicted octanol–water partition coefficient (Wildman–Crippen LogP) is 4.12. The van der Waals surface area contributed by atoms with Crippen LogP contribution in [0.25, 0.3) is 0 Å². The van der Waals surface area contributed by atoms with Gasteiger partial charge < -0.3 is 5.11 Å². The quantitative estimate of drug-likeness (QED) is 0.484. The molecule has 0 atom stereocenters. The van der Waals surface area contributed by atoms with E-state index in [1.54, 1.807) is 0 Å². The lowest BCUT2D eigenvalue weighted by Crippen LogP contribution is -3.04. The molecule has 0 aromatic carbocycles. The first kappa shape index (κ1) is 12.7. The number of rotatable bonds is 10. The second kappa shape index (κ2) is 4.14. The van der Waals surface area contributed by atoms with Crippen LogP contribution in [0.1, 0.15) is 51.4 Å². The van der Waals surface area contributed by atoms with Gasteiger partial charge in [-0.3, -0.25) is 4.79 Å². The standard InChI is InChI=1S/C19H26O2/c20-11(21)9-7-5-3-1-2-4-6-8-10-19-16-13-12-14(16)18(19)15(12)17(13)19/h8,10,12-18H,1-7,9H2,(H,20,21). The van der Waals surface area contributed by atoms with Crippen LogP contribution in [0.3, 0.4) is 0 Å². The van der Waals surface area contributed by atoms with Crippen LogP contribution in [0.2, 0.25) is 0 Å². The summed E-state index contributed by atoms with van der Waals surface area (Å²) in [5.74, 6) is 7.69. The molecule has 0 radical (unpaired) electrons. The minimum Gasteiger partial charge on any atom is -0.481 e. The predicted molar refractivity (Wildman–Crippen MR) is 80.6 cm³/mol. The zero-order chi connectivity index (χ0) is 14.2. The lowest BCUT2D eigenvalue weighted by molar-refractivity contribution is -0.599. The van der Waals surface area contributed by atoms with Crippen molar-refractivity contribution in [2.75, 3.05) is 0 Å². The van der Waals surface area contributed by atoms with Gasteiger partial charge in [0.2, 0.25) is 0 Å². The molecule has 0 amide bonds. The van der Waals surface area contributed by atoms with Gasteiger partial charge in [0.15, 0.2) is 0 Å². The maximum Gasteiger partial charge on any atom is 0.303 e. The third-order valence-corrected chi connectivity index (χ3v) is 7.97. The Kier molecular flexibility index (Phi) is 2.51. The highest BCUT2D eigenvalue weighted by atomic mass is 16.4. The van der Waals surface area contributed by atoms with Crippen molar-refractivity contribution < 1.29 is 9.90 Å². The van der Waals surface area contributed by atoms with Crippen LogP contribution in [0, 0.1) is 46.8 Å². The van der Waals surface area contributed by atoms with Gasteiger partial charge in [0.05, 0.1) is 0 Å². The third kappa shape index (κ3) is 1.26. The van der Waals surface area contributed by atoms with E-state index in [1.165, 1.54) is 55.8 Å². The minimum atomic E-state index is -0.651. The number of hydrogen-bond acceptors (Lipinski definition) is 1. The molecule has 0 aliphatic heterocycles. The Morgan fingerprint density at radius 3 is 2.05 bits per heavy atom. The normalized spacial score (nSPS) is 52.3. The number of carboxylic acid groups (broad SMARTS) is 1. The van der Waals surface area contributed by atoms with Gasteiger partial charge in [-0.1, -0.05) is 37.8 Å². The molecule has 2 nitrogen and oxygen atoms in total. The molecule has 0 aromatic rings. The topological polar surface area (TPSA) is 37.3 Å². The molecular formula is C19H26O2. The molecule has 0 spiro atoms. The van der Waals surface area contributed by atoms with Gasteiger partial charge in [0.1, 0.15) is 0 Å². The van der Waals surface area contributed by atoms with Crippen molar-refractivity contribution >= 4 is 5.97 Å². The number of aliphatic carboxylic acids is 1. The number of allylic oxidation sites excluding steroid dienone is 2. The van der Waals surface area contributed by atoms with Gasteiger partial charge >= 0.3 is 5.97 Å². The molecule has 0 aromatic heterocycles. The first-order chi connectivity index (χ1) is 10.3. The van der Waals surface area contributed by atoms with Crippen molar-refractivity contribution in [3.8, 4) is 0 Å². The number of carboxylic acids is 1. The van der Waals surface area contributed by atoms with E-state index in [0.29, 0.717) is 6.42 Å². The Morgan fingerprint density at radius 2 is 1.43 bits per heavy atom. The Bertz CT molecular complexity index is 455. The monoisotopic (exact) mass is 286 g/mol. The zero-order valence-corrected chi connectivity index (χ0v) is 12.7. The van der Waals surface area contributed by atoms with E-state index in [4.69, 9.17) is 5.11 Å². The molecule has 6 saturated carbocycles. The fraction of sp³-hybridized carbons (Fsp3) is 0.842. The van der Waals surface area contributed by atoms with Gasteiger partial charge in [-0.25, -0.2) is 0 Å². The van der Waals surface area contributed by atoms with Crippen molar-refractivity contribution in [1.29, 1.82) is 0 Å². The summed E-state index contributed by atoms with van der Waals surface area (Å²) in [6.45, 7) is 0. The molecule has 6 fully saturated rings. The van der Waals surface area contributed by atoms with Gasteiger partial charge in [0, 0.05) is 6.42 Å². The van der Waals surface area contributed by atoms with Crippen molar-refractivity contribution in [2.45, 2.75) is 51.4 Å². The highest BCUT2D eigenvalue weighted by Gasteiger charge is 3.03. The van der Waals surface area contributed by atoms with Crippen molar-refractivity contribution in [1.82, 2.24) is 0 Å². The smallest absolute Gasteiger partial charge is 0.303 e. The second-order valence-electron chi connectivity index (χ2n) is 8.34. The zero-order valence-electron chi connectivity index (χ0n) is 12.7. The summed E-state index contributed by atoms with van der Waals surface area (Å²) in [6, 6.07) is 0. The SMILES string of the molecule is O=C(O)CCCCCCCCC=CC12C3C4C5C3C1C5C42. The fourth-order valence-electron chi connectivity index (χ4n) is 7.39. The van der Waals surface area contributed by atoms with Crippen LogP contribution in [-0.4, -0.2) is 11.1 Å². The molecule has 6 aliphatic carbocycles. The van der Waals surface area contributed by atoms with E-state index < -0.39 is 5.97 Å². The molecule has 114 valence electrons. The van der Waals surface area contributed by atoms with Crippen LogP contribution in [-0.2, 0) is 4.79 Å². The van der Waals surface area contributed by atoms with E-state index >= 15 is 0 Å². The molecule has 1 N–H and O–H groups in total. The average Bonchev–Trinajstić information content (AvgIpc) is 2.49. The van der Waals surface area contributed by atoms with Crippen LogP contribution >= 0.6 is 0 Å². The molecule has 0 bridgehead atoms. The van der Waals surface area contributed by atoms with Gasteiger partial charge in [-0.15, -0.1) is 0 Å². The summed E-state index contributed by atoms with van der Waals surface area (Å²) < 4.78 is 0. The summed E-state index contributed by atoms with van der Waals surface area (Å²) in [7, 11) is 0. The van der Waals surface area contributed by atoms with E-state index in [2.05, 4.69) is 12.2 Å². The molecule has 2 heteroatoms. The number of carbonyl (C=O) groups is 1. The van der Waals surface area contributed by atoms with Crippen molar-refractivity contribution in [2.24, 2.45) is 46.8 Å². The Labute approximate surface area is 127 Å². The molecule has 0 heterocycles. The molecule has 0 saturated heterocycles. The Hall–Kier alpha value is -0.790. The minimum absolute atomic E-state index is 0.345. The van der Waals surface area contributed by atoms with E-state index in [0.717, 1.165) is 36.0 Å². The highest BCUT2D eigenvalue weighted by Crippen LogP contribution is 3.06. The second-order valence-corrected chi connectivity index (χ2v) is 8.34. The van der Waals surface area contributed by atoms with Crippen molar-refractivity contribution in [3.63, 3.8) is 0 Å². The van der Waals surface area contributed by atoms with Crippen LogP contribution in [0.15, 0.2) is 12.2 Å². The lowest BCUT2D eigenvalue weighted by atomic mass is 8.96. The van der Waals surface area contributed by atoms with Crippen LogP contribution in [0.5, 0.6) is 0 Å². The Balaban J connectivity index is 0.942. The highest BCUT2D eigenvalue weighted by molar-refractivity contribution is 5.66. The molecule has 6 aliphatic rings. The molecule has 0 unspecified atom stereocenters. The fourth-order valence-corrected chi connectivity index (χ4v) is 7.39. The number of hydrogen-bond donors (Lipinski definition) is 1. The van der Waals surface area contributed by atoms with E-state index in [-0.39, 0.29) is 0 Å². The van der Waals surface area contributed by atoms with E-state index in [9.17, 15) is 4.79 Å². The van der Waals surface area contributed by atoms with Gasteiger partial charge in [0.25, 0.3) is 0 Å². The largest absolute Gasteiger partial charge is 0.481 e. The molecule has 6 rings (SSSR count).